The molecule has 2 aliphatic rings. The Balaban J connectivity index is 1.52. The van der Waals surface area contributed by atoms with Crippen LogP contribution in [0.1, 0.15) is 6.42 Å². The van der Waals surface area contributed by atoms with E-state index in [4.69, 9.17) is 0 Å². The maximum Gasteiger partial charge on any atom is 0.307 e. The molecule has 0 saturated heterocycles. The standard InChI is InChI=1S/C18H16N2O3S/c21-16(14-11-6-7-12(8-11)15(14)17(22)23)20-18-19-13(9-24-18)10-4-2-1-3-5-10/h1-7,9,11-12,14-15H,8H2,(H,22,23)(H,19,20,21)/t11-,12+,14-,15-/m0/s1. The predicted octanol–water partition coefficient (Wildman–Crippen LogP) is 3.27. The summed E-state index contributed by atoms with van der Waals surface area (Å²) in [4.78, 5) is 28.6. The molecule has 6 heteroatoms. The van der Waals surface area contributed by atoms with Gasteiger partial charge in [-0.25, -0.2) is 4.98 Å². The zero-order chi connectivity index (χ0) is 16.7. The van der Waals surface area contributed by atoms with Crippen molar-refractivity contribution in [1.82, 2.24) is 4.98 Å². The Morgan fingerprint density at radius 1 is 1.12 bits per heavy atom. The zero-order valence-corrected chi connectivity index (χ0v) is 13.6. The molecule has 5 nitrogen and oxygen atoms in total. The third-order valence-corrected chi connectivity index (χ3v) is 5.61. The van der Waals surface area contributed by atoms with Crippen LogP contribution in [-0.2, 0) is 9.59 Å². The molecule has 1 fully saturated rings. The number of carboxylic acids is 1. The van der Waals surface area contributed by atoms with Crippen LogP contribution in [-0.4, -0.2) is 22.0 Å². The lowest BCUT2D eigenvalue weighted by Crippen LogP contribution is -2.36. The number of thiazole rings is 1. The molecule has 0 radical (unpaired) electrons. The van der Waals surface area contributed by atoms with Crippen LogP contribution in [0.3, 0.4) is 0 Å². The number of fused-ring (bicyclic) bond motifs is 2. The molecule has 0 unspecified atom stereocenters. The molecule has 1 heterocycles. The second-order valence-corrected chi connectivity index (χ2v) is 7.09. The molecule has 122 valence electrons. The molecule has 1 saturated carbocycles. The Labute approximate surface area is 143 Å². The molecule has 1 amide bonds. The smallest absolute Gasteiger partial charge is 0.307 e. The number of carboxylic acid groups (broad SMARTS) is 1. The average Bonchev–Trinajstić information content (AvgIpc) is 3.30. The van der Waals surface area contributed by atoms with Crippen molar-refractivity contribution in [3.63, 3.8) is 0 Å². The van der Waals surface area contributed by atoms with Crippen LogP contribution in [0.4, 0.5) is 5.13 Å². The van der Waals surface area contributed by atoms with Crippen LogP contribution in [0.25, 0.3) is 11.3 Å². The van der Waals surface area contributed by atoms with Gasteiger partial charge >= 0.3 is 5.97 Å². The van der Waals surface area contributed by atoms with Crippen LogP contribution in [0.15, 0.2) is 47.9 Å². The second-order valence-electron chi connectivity index (χ2n) is 6.23. The number of anilines is 1. The van der Waals surface area contributed by atoms with Crippen molar-refractivity contribution in [3.05, 3.63) is 47.9 Å². The van der Waals surface area contributed by atoms with Crippen LogP contribution < -0.4 is 5.32 Å². The highest BCUT2D eigenvalue weighted by atomic mass is 32.1. The number of benzene rings is 1. The Morgan fingerprint density at radius 3 is 2.54 bits per heavy atom. The number of amides is 1. The van der Waals surface area contributed by atoms with E-state index in [1.807, 2.05) is 47.9 Å². The molecule has 4 atom stereocenters. The van der Waals surface area contributed by atoms with E-state index in [1.54, 1.807) is 0 Å². The predicted molar refractivity (Wildman–Crippen MR) is 91.5 cm³/mol. The first-order valence-corrected chi connectivity index (χ1v) is 8.74. The van der Waals surface area contributed by atoms with Gasteiger partial charge in [-0.1, -0.05) is 42.5 Å². The summed E-state index contributed by atoms with van der Waals surface area (Å²) in [5, 5.41) is 14.7. The van der Waals surface area contributed by atoms with Crippen molar-refractivity contribution in [2.24, 2.45) is 23.7 Å². The minimum Gasteiger partial charge on any atom is -0.481 e. The number of hydrogen-bond donors (Lipinski definition) is 2. The molecule has 0 aliphatic heterocycles. The fourth-order valence-electron chi connectivity index (χ4n) is 3.78. The molecule has 24 heavy (non-hydrogen) atoms. The summed E-state index contributed by atoms with van der Waals surface area (Å²) in [5.41, 5.74) is 1.79. The first kappa shape index (κ1) is 15.1. The van der Waals surface area contributed by atoms with Gasteiger partial charge in [-0.05, 0) is 18.3 Å². The van der Waals surface area contributed by atoms with Gasteiger partial charge < -0.3 is 10.4 Å². The monoisotopic (exact) mass is 340 g/mol. The van der Waals surface area contributed by atoms with E-state index in [0.29, 0.717) is 5.13 Å². The minimum atomic E-state index is -0.892. The highest BCUT2D eigenvalue weighted by Gasteiger charge is 2.51. The zero-order valence-electron chi connectivity index (χ0n) is 12.8. The van der Waals surface area contributed by atoms with Crippen molar-refractivity contribution in [2.45, 2.75) is 6.42 Å². The van der Waals surface area contributed by atoms with E-state index >= 15 is 0 Å². The molecule has 1 aromatic carbocycles. The lowest BCUT2D eigenvalue weighted by atomic mass is 9.82. The van der Waals surface area contributed by atoms with Crippen LogP contribution in [0.5, 0.6) is 0 Å². The van der Waals surface area contributed by atoms with E-state index < -0.39 is 17.8 Å². The summed E-state index contributed by atoms with van der Waals surface area (Å²) in [6.45, 7) is 0. The maximum absolute atomic E-state index is 12.6. The number of aromatic nitrogens is 1. The first-order valence-electron chi connectivity index (χ1n) is 7.86. The molecule has 2 bridgehead atoms. The van der Waals surface area contributed by atoms with E-state index in [0.717, 1.165) is 17.7 Å². The lowest BCUT2D eigenvalue weighted by molar-refractivity contribution is -0.146. The van der Waals surface area contributed by atoms with Gasteiger partial charge in [-0.15, -0.1) is 11.3 Å². The Bertz CT molecular complexity index is 815. The van der Waals surface area contributed by atoms with E-state index in [9.17, 15) is 14.7 Å². The van der Waals surface area contributed by atoms with Gasteiger partial charge in [0, 0.05) is 10.9 Å². The largest absolute Gasteiger partial charge is 0.481 e. The van der Waals surface area contributed by atoms with Gasteiger partial charge in [0.2, 0.25) is 5.91 Å². The van der Waals surface area contributed by atoms with Crippen molar-refractivity contribution < 1.29 is 14.7 Å². The third kappa shape index (κ3) is 2.53. The van der Waals surface area contributed by atoms with E-state index in [-0.39, 0.29) is 17.7 Å². The minimum absolute atomic E-state index is 0.0182. The summed E-state index contributed by atoms with van der Waals surface area (Å²) in [5.74, 6) is -2.29. The SMILES string of the molecule is O=C(O)[C@@H]1[C@@H](C(=O)Nc2nc(-c3ccccc3)cs2)[C@H]2C=C[C@@H]1C2. The number of allylic oxidation sites excluding steroid dienone is 2. The number of rotatable bonds is 4. The van der Waals surface area contributed by atoms with Crippen LogP contribution in [0.2, 0.25) is 0 Å². The summed E-state index contributed by atoms with van der Waals surface area (Å²) >= 11 is 1.35. The fraction of sp³-hybridized carbons (Fsp3) is 0.278. The van der Waals surface area contributed by atoms with Crippen LogP contribution in [0, 0.1) is 23.7 Å². The van der Waals surface area contributed by atoms with Crippen molar-refractivity contribution in [2.75, 3.05) is 5.32 Å². The molecule has 4 rings (SSSR count). The first-order chi connectivity index (χ1) is 11.6. The van der Waals surface area contributed by atoms with E-state index in [2.05, 4.69) is 10.3 Å². The van der Waals surface area contributed by atoms with Gasteiger partial charge in [0.1, 0.15) is 0 Å². The molecule has 2 aromatic rings. The summed E-state index contributed by atoms with van der Waals surface area (Å²) < 4.78 is 0. The summed E-state index contributed by atoms with van der Waals surface area (Å²) in [6, 6.07) is 9.73. The third-order valence-electron chi connectivity index (χ3n) is 4.85. The van der Waals surface area contributed by atoms with Gasteiger partial charge in [0.05, 0.1) is 17.5 Å². The number of hydrogen-bond acceptors (Lipinski definition) is 4. The van der Waals surface area contributed by atoms with Crippen molar-refractivity contribution >= 4 is 28.3 Å². The molecule has 1 aromatic heterocycles. The number of carbonyl (C=O) groups is 2. The quantitative estimate of drug-likeness (QED) is 0.837. The fourth-order valence-corrected chi connectivity index (χ4v) is 4.50. The highest BCUT2D eigenvalue weighted by molar-refractivity contribution is 7.14. The van der Waals surface area contributed by atoms with Gasteiger partial charge in [-0.2, -0.15) is 0 Å². The van der Waals surface area contributed by atoms with Crippen molar-refractivity contribution in [1.29, 1.82) is 0 Å². The number of nitrogens with zero attached hydrogens (tertiary/aromatic N) is 1. The number of carbonyl (C=O) groups excluding carboxylic acids is 1. The molecular formula is C18H16N2O3S. The summed E-state index contributed by atoms with van der Waals surface area (Å²) in [6.07, 6.45) is 4.66. The van der Waals surface area contributed by atoms with E-state index in [1.165, 1.54) is 11.3 Å². The number of nitrogens with one attached hydrogen (secondary N) is 1. The molecule has 2 N–H and O–H groups in total. The highest BCUT2D eigenvalue weighted by Crippen LogP contribution is 2.48. The summed E-state index contributed by atoms with van der Waals surface area (Å²) in [7, 11) is 0. The average molecular weight is 340 g/mol. The lowest BCUT2D eigenvalue weighted by Gasteiger charge is -2.23. The number of aliphatic carboxylic acids is 1. The normalized spacial score (nSPS) is 27.3. The van der Waals surface area contributed by atoms with Gasteiger partial charge in [-0.3, -0.25) is 9.59 Å². The molecule has 0 spiro atoms. The Kier molecular flexibility index (Phi) is 3.69. The topological polar surface area (TPSA) is 79.3 Å². The molecular weight excluding hydrogens is 324 g/mol. The second kappa shape index (κ2) is 5.87. The van der Waals surface area contributed by atoms with Crippen LogP contribution >= 0.6 is 11.3 Å². The van der Waals surface area contributed by atoms with Crippen molar-refractivity contribution in [3.8, 4) is 11.3 Å². The molecule has 2 aliphatic carbocycles. The van der Waals surface area contributed by atoms with Gasteiger partial charge in [0.25, 0.3) is 0 Å². The van der Waals surface area contributed by atoms with Gasteiger partial charge in [0.15, 0.2) is 5.13 Å². The Morgan fingerprint density at radius 2 is 1.83 bits per heavy atom. The Hall–Kier alpha value is -2.47. The maximum atomic E-state index is 12.6.